The smallest absolute Gasteiger partial charge is 0.274 e. The summed E-state index contributed by atoms with van der Waals surface area (Å²) in [4.78, 5) is 26.0. The lowest BCUT2D eigenvalue weighted by molar-refractivity contribution is -0.146. The van der Waals surface area contributed by atoms with E-state index in [-0.39, 0.29) is 11.3 Å². The Labute approximate surface area is 129 Å². The van der Waals surface area contributed by atoms with Crippen LogP contribution in [0.2, 0.25) is 0 Å². The summed E-state index contributed by atoms with van der Waals surface area (Å²) in [6.07, 6.45) is 3.01. The van der Waals surface area contributed by atoms with Crippen molar-refractivity contribution in [2.45, 2.75) is 32.7 Å². The quantitative estimate of drug-likeness (QED) is 0.644. The Kier molecular flexibility index (Phi) is 3.78. The van der Waals surface area contributed by atoms with Gasteiger partial charge in [-0.05, 0) is 25.0 Å². The van der Waals surface area contributed by atoms with Gasteiger partial charge >= 0.3 is 0 Å². The third kappa shape index (κ3) is 2.54. The molecule has 1 aliphatic heterocycles. The molecule has 22 heavy (non-hydrogen) atoms. The maximum atomic E-state index is 12.7. The topological polar surface area (TPSA) is 78.9 Å². The molecule has 1 aromatic rings. The highest BCUT2D eigenvalue weighted by molar-refractivity contribution is 5.93. The molecule has 6 heteroatoms. The average Bonchev–Trinajstić information content (AvgIpc) is 2.72. The molecule has 0 saturated heterocycles. The van der Waals surface area contributed by atoms with Gasteiger partial charge in [-0.1, -0.05) is 19.4 Å². The Bertz CT molecular complexity index is 610. The van der Waals surface area contributed by atoms with Gasteiger partial charge in [-0.2, -0.15) is 0 Å². The van der Waals surface area contributed by atoms with Crippen LogP contribution in [0, 0.1) is 5.41 Å². The highest BCUT2D eigenvalue weighted by Crippen LogP contribution is 2.42. The number of carbonyl (C=O) groups is 2. The normalized spacial score (nSPS) is 19.3. The number of ether oxygens (including phenoxy) is 1. The van der Waals surface area contributed by atoms with Crippen molar-refractivity contribution in [2.75, 3.05) is 13.2 Å². The number of benzene rings is 1. The SMILES string of the molecule is CC1(C(=O)N2CCOc3cc(C(=O)NO)ccc3C2)CCC1. The van der Waals surface area contributed by atoms with Crippen molar-refractivity contribution in [3.63, 3.8) is 0 Å². The van der Waals surface area contributed by atoms with Crippen LogP contribution in [-0.4, -0.2) is 35.1 Å². The monoisotopic (exact) mass is 304 g/mol. The molecule has 0 aromatic heterocycles. The number of carbonyl (C=O) groups excluding carboxylic acids is 2. The summed E-state index contributed by atoms with van der Waals surface area (Å²) in [6.45, 7) is 3.47. The summed E-state index contributed by atoms with van der Waals surface area (Å²) in [6, 6.07) is 4.99. The molecule has 6 nitrogen and oxygen atoms in total. The number of nitrogens with one attached hydrogen (secondary N) is 1. The molecule has 0 unspecified atom stereocenters. The molecule has 0 atom stereocenters. The Hall–Kier alpha value is -2.08. The molecule has 1 aromatic carbocycles. The van der Waals surface area contributed by atoms with Gasteiger partial charge < -0.3 is 9.64 Å². The number of hydroxylamine groups is 1. The van der Waals surface area contributed by atoms with Crippen molar-refractivity contribution in [3.8, 4) is 5.75 Å². The summed E-state index contributed by atoms with van der Waals surface area (Å²) < 4.78 is 5.67. The Morgan fingerprint density at radius 2 is 2.14 bits per heavy atom. The average molecular weight is 304 g/mol. The molecular formula is C16H20N2O4. The molecule has 118 valence electrons. The summed E-state index contributed by atoms with van der Waals surface area (Å²) in [5.74, 6) is 0.202. The minimum atomic E-state index is -0.578. The van der Waals surface area contributed by atoms with Gasteiger partial charge in [-0.3, -0.25) is 14.8 Å². The van der Waals surface area contributed by atoms with Gasteiger partial charge in [0.15, 0.2) is 0 Å². The molecule has 2 amide bonds. The number of amides is 2. The fraction of sp³-hybridized carbons (Fsp3) is 0.500. The summed E-state index contributed by atoms with van der Waals surface area (Å²) >= 11 is 0. The highest BCUT2D eigenvalue weighted by Gasteiger charge is 2.42. The Morgan fingerprint density at radius 3 is 2.77 bits per heavy atom. The zero-order valence-electron chi connectivity index (χ0n) is 12.6. The first-order chi connectivity index (χ1) is 10.5. The zero-order valence-corrected chi connectivity index (χ0v) is 12.6. The minimum absolute atomic E-state index is 0.187. The van der Waals surface area contributed by atoms with Crippen LogP contribution in [0.1, 0.15) is 42.1 Å². The predicted octanol–water partition coefficient (Wildman–Crippen LogP) is 1.72. The van der Waals surface area contributed by atoms with Crippen LogP contribution in [-0.2, 0) is 11.3 Å². The van der Waals surface area contributed by atoms with E-state index >= 15 is 0 Å². The van der Waals surface area contributed by atoms with Gasteiger partial charge in [0.2, 0.25) is 5.91 Å². The Balaban J connectivity index is 1.81. The molecular weight excluding hydrogens is 284 g/mol. The zero-order chi connectivity index (χ0) is 15.7. The second-order valence-corrected chi connectivity index (χ2v) is 6.25. The number of hydrogen-bond acceptors (Lipinski definition) is 4. The van der Waals surface area contributed by atoms with E-state index in [1.165, 1.54) is 0 Å². The molecule has 0 spiro atoms. The first kappa shape index (κ1) is 14.8. The maximum absolute atomic E-state index is 12.7. The molecule has 2 aliphatic rings. The van der Waals surface area contributed by atoms with E-state index < -0.39 is 5.91 Å². The second-order valence-electron chi connectivity index (χ2n) is 6.25. The van der Waals surface area contributed by atoms with E-state index in [2.05, 4.69) is 0 Å². The lowest BCUT2D eigenvalue weighted by Gasteiger charge is -2.40. The van der Waals surface area contributed by atoms with Crippen molar-refractivity contribution in [1.82, 2.24) is 10.4 Å². The number of rotatable bonds is 2. The third-order valence-electron chi connectivity index (χ3n) is 4.67. The highest BCUT2D eigenvalue weighted by atomic mass is 16.5. The lowest BCUT2D eigenvalue weighted by Crippen LogP contribution is -2.46. The largest absolute Gasteiger partial charge is 0.491 e. The number of fused-ring (bicyclic) bond motifs is 1. The van der Waals surface area contributed by atoms with Crippen LogP contribution < -0.4 is 10.2 Å². The molecule has 1 fully saturated rings. The van der Waals surface area contributed by atoms with Crippen LogP contribution in [0.25, 0.3) is 0 Å². The van der Waals surface area contributed by atoms with E-state index in [0.717, 1.165) is 24.8 Å². The molecule has 0 bridgehead atoms. The van der Waals surface area contributed by atoms with E-state index in [9.17, 15) is 9.59 Å². The van der Waals surface area contributed by atoms with Crippen LogP contribution in [0.3, 0.4) is 0 Å². The van der Waals surface area contributed by atoms with Crippen molar-refractivity contribution in [3.05, 3.63) is 29.3 Å². The maximum Gasteiger partial charge on any atom is 0.274 e. The predicted molar refractivity (Wildman–Crippen MR) is 78.6 cm³/mol. The molecule has 2 N–H and O–H groups in total. The molecule has 1 aliphatic carbocycles. The van der Waals surface area contributed by atoms with Gasteiger partial charge in [0.1, 0.15) is 12.4 Å². The Morgan fingerprint density at radius 1 is 1.36 bits per heavy atom. The fourth-order valence-corrected chi connectivity index (χ4v) is 3.05. The minimum Gasteiger partial charge on any atom is -0.491 e. The van der Waals surface area contributed by atoms with Gasteiger partial charge in [0.05, 0.1) is 6.54 Å². The fourth-order valence-electron chi connectivity index (χ4n) is 3.05. The van der Waals surface area contributed by atoms with Crippen LogP contribution in [0.4, 0.5) is 0 Å². The van der Waals surface area contributed by atoms with E-state index in [0.29, 0.717) is 31.0 Å². The van der Waals surface area contributed by atoms with Gasteiger partial charge in [0.25, 0.3) is 5.91 Å². The summed E-state index contributed by atoms with van der Waals surface area (Å²) in [5.41, 5.74) is 2.59. The number of hydrogen-bond donors (Lipinski definition) is 2. The third-order valence-corrected chi connectivity index (χ3v) is 4.67. The standard InChI is InChI=1S/C16H20N2O4/c1-16(5-2-6-16)15(20)18-7-8-22-13-9-11(14(19)17-21)3-4-12(13)10-18/h3-4,9,21H,2,5-8,10H2,1H3,(H,17,19). The van der Waals surface area contributed by atoms with E-state index in [1.807, 2.05) is 11.8 Å². The van der Waals surface area contributed by atoms with Gasteiger partial charge in [-0.15, -0.1) is 0 Å². The van der Waals surface area contributed by atoms with Crippen molar-refractivity contribution in [1.29, 1.82) is 0 Å². The van der Waals surface area contributed by atoms with Gasteiger partial charge in [-0.25, -0.2) is 5.48 Å². The molecule has 0 radical (unpaired) electrons. The van der Waals surface area contributed by atoms with Gasteiger partial charge in [0, 0.05) is 23.1 Å². The first-order valence-corrected chi connectivity index (χ1v) is 7.53. The lowest BCUT2D eigenvalue weighted by atomic mass is 9.69. The van der Waals surface area contributed by atoms with E-state index in [4.69, 9.17) is 9.94 Å². The van der Waals surface area contributed by atoms with E-state index in [1.54, 1.807) is 23.7 Å². The number of nitrogens with zero attached hydrogens (tertiary/aromatic N) is 1. The first-order valence-electron chi connectivity index (χ1n) is 7.53. The molecule has 1 saturated carbocycles. The van der Waals surface area contributed by atoms with Crippen LogP contribution >= 0.6 is 0 Å². The van der Waals surface area contributed by atoms with Crippen molar-refractivity contribution >= 4 is 11.8 Å². The van der Waals surface area contributed by atoms with Crippen molar-refractivity contribution < 1.29 is 19.5 Å². The van der Waals surface area contributed by atoms with Crippen LogP contribution in [0.15, 0.2) is 18.2 Å². The molecule has 1 heterocycles. The summed E-state index contributed by atoms with van der Waals surface area (Å²) in [5, 5.41) is 8.69. The second kappa shape index (κ2) is 5.61. The summed E-state index contributed by atoms with van der Waals surface area (Å²) in [7, 11) is 0. The van der Waals surface area contributed by atoms with Crippen LogP contribution in [0.5, 0.6) is 5.75 Å². The molecule has 3 rings (SSSR count). The van der Waals surface area contributed by atoms with Crippen molar-refractivity contribution in [2.24, 2.45) is 5.41 Å².